The molecular formula is C19H20N4OS. The molecule has 0 aliphatic carbocycles. The fourth-order valence-electron chi connectivity index (χ4n) is 2.37. The summed E-state index contributed by atoms with van der Waals surface area (Å²) in [6.45, 7) is 0.494. The molecule has 2 aromatic heterocycles. The Balaban J connectivity index is 1.43. The summed E-state index contributed by atoms with van der Waals surface area (Å²) in [6.07, 6.45) is 4.04. The van der Waals surface area contributed by atoms with Crippen LogP contribution in [0.25, 0.3) is 11.4 Å². The summed E-state index contributed by atoms with van der Waals surface area (Å²) in [7, 11) is 1.89. The zero-order valence-electron chi connectivity index (χ0n) is 14.1. The van der Waals surface area contributed by atoms with Gasteiger partial charge >= 0.3 is 0 Å². The van der Waals surface area contributed by atoms with E-state index in [-0.39, 0.29) is 5.91 Å². The molecule has 0 bridgehead atoms. The number of aromatic nitrogens is 3. The first kappa shape index (κ1) is 17.2. The number of thioether (sulfide) groups is 1. The van der Waals surface area contributed by atoms with Crippen molar-refractivity contribution in [1.29, 1.82) is 0 Å². The second kappa shape index (κ2) is 8.48. The first-order valence-corrected chi connectivity index (χ1v) is 9.09. The Hall–Kier alpha value is -2.60. The number of carbonyl (C=O) groups is 1. The minimum absolute atomic E-state index is 0.0548. The molecule has 5 nitrogen and oxygen atoms in total. The Morgan fingerprint density at radius 1 is 1.16 bits per heavy atom. The highest BCUT2D eigenvalue weighted by Crippen LogP contribution is 2.18. The Labute approximate surface area is 151 Å². The normalized spacial score (nSPS) is 10.6. The maximum Gasteiger partial charge on any atom is 0.221 e. The molecule has 3 rings (SSSR count). The minimum Gasteiger partial charge on any atom is -0.352 e. The number of carbonyl (C=O) groups excluding carboxylic acids is 1. The maximum atomic E-state index is 11.9. The zero-order valence-corrected chi connectivity index (χ0v) is 14.9. The van der Waals surface area contributed by atoms with E-state index in [0.29, 0.717) is 13.0 Å². The summed E-state index contributed by atoms with van der Waals surface area (Å²) in [5.74, 6) is 0.826. The third-order valence-corrected chi connectivity index (χ3v) is 4.75. The van der Waals surface area contributed by atoms with E-state index in [4.69, 9.17) is 0 Å². The fourth-order valence-corrected chi connectivity index (χ4v) is 3.25. The van der Waals surface area contributed by atoms with Crippen LogP contribution in [0.5, 0.6) is 0 Å². The first-order valence-electron chi connectivity index (χ1n) is 8.10. The topological polar surface area (TPSA) is 59.8 Å². The van der Waals surface area contributed by atoms with Crippen LogP contribution in [-0.2, 0) is 18.4 Å². The molecule has 2 heterocycles. The largest absolute Gasteiger partial charge is 0.352 e. The van der Waals surface area contributed by atoms with Crippen molar-refractivity contribution in [3.8, 4) is 11.4 Å². The molecule has 0 fully saturated rings. The van der Waals surface area contributed by atoms with Gasteiger partial charge in [-0.25, -0.2) is 0 Å². The third-order valence-electron chi connectivity index (χ3n) is 3.74. The summed E-state index contributed by atoms with van der Waals surface area (Å²) in [4.78, 5) is 17.6. The number of rotatable bonds is 7. The molecule has 1 N–H and O–H groups in total. The first-order chi connectivity index (χ1) is 12.2. The van der Waals surface area contributed by atoms with Gasteiger partial charge in [0, 0.05) is 43.1 Å². The predicted octanol–water partition coefficient (Wildman–Crippen LogP) is 3.28. The van der Waals surface area contributed by atoms with Crippen LogP contribution in [0.3, 0.4) is 0 Å². The van der Waals surface area contributed by atoms with E-state index in [1.807, 2.05) is 43.4 Å². The quantitative estimate of drug-likeness (QED) is 0.663. The van der Waals surface area contributed by atoms with Gasteiger partial charge in [-0.05, 0) is 29.8 Å². The Bertz CT molecular complexity index is 815. The van der Waals surface area contributed by atoms with Gasteiger partial charge in [-0.3, -0.25) is 14.5 Å². The monoisotopic (exact) mass is 352 g/mol. The molecule has 6 heteroatoms. The van der Waals surface area contributed by atoms with Crippen LogP contribution in [0.2, 0.25) is 0 Å². The van der Waals surface area contributed by atoms with Crippen molar-refractivity contribution in [2.45, 2.75) is 17.9 Å². The number of nitrogens with zero attached hydrogens (tertiary/aromatic N) is 3. The summed E-state index contributed by atoms with van der Waals surface area (Å²) >= 11 is 1.69. The van der Waals surface area contributed by atoms with Crippen LogP contribution < -0.4 is 5.32 Å². The van der Waals surface area contributed by atoms with Crippen molar-refractivity contribution in [3.63, 3.8) is 0 Å². The molecule has 128 valence electrons. The van der Waals surface area contributed by atoms with Crippen molar-refractivity contribution in [1.82, 2.24) is 20.1 Å². The predicted molar refractivity (Wildman–Crippen MR) is 100 cm³/mol. The summed E-state index contributed by atoms with van der Waals surface area (Å²) in [6, 6.07) is 16.0. The Morgan fingerprint density at radius 3 is 2.68 bits per heavy atom. The van der Waals surface area contributed by atoms with Crippen LogP contribution in [0.1, 0.15) is 12.0 Å². The number of hydrogen-bond donors (Lipinski definition) is 1. The summed E-state index contributed by atoms with van der Waals surface area (Å²) in [5, 5.41) is 7.08. The zero-order chi connectivity index (χ0) is 17.5. The van der Waals surface area contributed by atoms with Crippen LogP contribution in [0, 0.1) is 0 Å². The standard InChI is InChI=1S/C19H20N4OS/c1-23-18(9-11-22-23)17-8-7-15(13-20-17)14-21-19(24)10-12-25-16-5-3-2-4-6-16/h2-9,11,13H,10,12,14H2,1H3,(H,21,24). The molecule has 1 aromatic carbocycles. The SMILES string of the molecule is Cn1nccc1-c1ccc(CNC(=O)CCSc2ccccc2)cn1. The number of hydrogen-bond acceptors (Lipinski definition) is 4. The second-order valence-corrected chi connectivity index (χ2v) is 6.75. The lowest BCUT2D eigenvalue weighted by Crippen LogP contribution is -2.23. The van der Waals surface area contributed by atoms with Crippen LogP contribution in [0.4, 0.5) is 0 Å². The Kier molecular flexibility index (Phi) is 5.85. The lowest BCUT2D eigenvalue weighted by Gasteiger charge is -2.06. The average Bonchev–Trinajstić information content (AvgIpc) is 3.07. The van der Waals surface area contributed by atoms with Gasteiger partial charge in [0.05, 0.1) is 11.4 Å². The molecule has 0 atom stereocenters. The summed E-state index contributed by atoms with van der Waals surface area (Å²) < 4.78 is 1.79. The highest BCUT2D eigenvalue weighted by atomic mass is 32.2. The lowest BCUT2D eigenvalue weighted by atomic mass is 10.2. The van der Waals surface area contributed by atoms with Crippen molar-refractivity contribution in [3.05, 3.63) is 66.5 Å². The molecule has 0 aliphatic heterocycles. The lowest BCUT2D eigenvalue weighted by molar-refractivity contribution is -0.120. The number of benzene rings is 1. The van der Waals surface area contributed by atoms with E-state index < -0.39 is 0 Å². The van der Waals surface area contributed by atoms with Crippen molar-refractivity contribution in [2.24, 2.45) is 7.05 Å². The molecule has 0 saturated heterocycles. The molecule has 25 heavy (non-hydrogen) atoms. The molecule has 0 radical (unpaired) electrons. The average molecular weight is 352 g/mol. The molecular weight excluding hydrogens is 332 g/mol. The van der Waals surface area contributed by atoms with Gasteiger partial charge < -0.3 is 5.32 Å². The Morgan fingerprint density at radius 2 is 2.00 bits per heavy atom. The molecule has 1 amide bonds. The van der Waals surface area contributed by atoms with Gasteiger partial charge in [0.25, 0.3) is 0 Å². The van der Waals surface area contributed by atoms with E-state index in [9.17, 15) is 4.79 Å². The molecule has 0 saturated carbocycles. The van der Waals surface area contributed by atoms with Crippen molar-refractivity contribution >= 4 is 17.7 Å². The van der Waals surface area contributed by atoms with Gasteiger partial charge in [0.2, 0.25) is 5.91 Å². The maximum absolute atomic E-state index is 11.9. The third kappa shape index (κ3) is 4.93. The van der Waals surface area contributed by atoms with Gasteiger partial charge in [0.1, 0.15) is 0 Å². The highest BCUT2D eigenvalue weighted by Gasteiger charge is 2.05. The molecule has 0 unspecified atom stereocenters. The van der Waals surface area contributed by atoms with Crippen LogP contribution in [0.15, 0.2) is 65.8 Å². The smallest absolute Gasteiger partial charge is 0.221 e. The molecule has 0 spiro atoms. The van der Waals surface area contributed by atoms with E-state index in [0.717, 1.165) is 22.7 Å². The van der Waals surface area contributed by atoms with Crippen LogP contribution in [-0.4, -0.2) is 26.4 Å². The number of pyridine rings is 1. The molecule has 0 aliphatic rings. The van der Waals surface area contributed by atoms with E-state index >= 15 is 0 Å². The van der Waals surface area contributed by atoms with Crippen LogP contribution >= 0.6 is 11.8 Å². The fraction of sp³-hybridized carbons (Fsp3) is 0.211. The van der Waals surface area contributed by atoms with E-state index in [1.165, 1.54) is 4.90 Å². The van der Waals surface area contributed by atoms with E-state index in [2.05, 4.69) is 27.5 Å². The summed E-state index contributed by atoms with van der Waals surface area (Å²) in [5.41, 5.74) is 2.82. The van der Waals surface area contributed by atoms with Gasteiger partial charge in [-0.2, -0.15) is 5.10 Å². The van der Waals surface area contributed by atoms with Gasteiger partial charge in [0.15, 0.2) is 0 Å². The highest BCUT2D eigenvalue weighted by molar-refractivity contribution is 7.99. The van der Waals surface area contributed by atoms with Crippen molar-refractivity contribution < 1.29 is 4.79 Å². The number of amides is 1. The van der Waals surface area contributed by atoms with Crippen molar-refractivity contribution in [2.75, 3.05) is 5.75 Å². The van der Waals surface area contributed by atoms with Gasteiger partial charge in [-0.15, -0.1) is 11.8 Å². The molecule has 3 aromatic rings. The van der Waals surface area contributed by atoms with E-state index in [1.54, 1.807) is 28.8 Å². The number of nitrogens with one attached hydrogen (secondary N) is 1. The second-order valence-electron chi connectivity index (χ2n) is 5.58. The minimum atomic E-state index is 0.0548. The van der Waals surface area contributed by atoms with Gasteiger partial charge in [-0.1, -0.05) is 24.3 Å². The number of aryl methyl sites for hydroxylation is 1.